The zero-order valence-electron chi connectivity index (χ0n) is 16.8. The molecule has 0 N–H and O–H groups in total. The van der Waals surface area contributed by atoms with Crippen LogP contribution in [0.5, 0.6) is 5.75 Å². The number of thiazole rings is 1. The van der Waals surface area contributed by atoms with Crippen LogP contribution in [-0.2, 0) is 4.79 Å². The predicted molar refractivity (Wildman–Crippen MR) is 119 cm³/mol. The number of para-hydroxylation sites is 2. The number of hydrogen-bond acceptors (Lipinski definition) is 5. The van der Waals surface area contributed by atoms with Crippen LogP contribution in [-0.4, -0.2) is 48.6 Å². The Kier molecular flexibility index (Phi) is 8.95. The Bertz CT molecular complexity index is 982. The molecule has 0 fully saturated rings. The maximum atomic E-state index is 14.1. The maximum Gasteiger partial charge on any atom is 0.266 e. The number of carbonyl (C=O) groups is 1. The van der Waals surface area contributed by atoms with Crippen molar-refractivity contribution in [1.29, 1.82) is 0 Å². The Balaban J connectivity index is 0.00000320. The molecule has 9 heteroatoms. The topological polar surface area (TPSA) is 45.7 Å². The van der Waals surface area contributed by atoms with Crippen LogP contribution >= 0.6 is 23.7 Å². The first-order chi connectivity index (χ1) is 14.0. The van der Waals surface area contributed by atoms with E-state index in [0.717, 1.165) is 13.1 Å². The zero-order valence-corrected chi connectivity index (χ0v) is 18.4. The number of hydrogen-bond donors (Lipinski definition) is 0. The highest BCUT2D eigenvalue weighted by Gasteiger charge is 2.22. The minimum atomic E-state index is -0.531. The summed E-state index contributed by atoms with van der Waals surface area (Å²) in [5, 5.41) is 0.402. The summed E-state index contributed by atoms with van der Waals surface area (Å²) in [7, 11) is 0. The number of anilines is 1. The third-order valence-electron chi connectivity index (χ3n) is 4.61. The highest BCUT2D eigenvalue weighted by molar-refractivity contribution is 7.22. The quantitative estimate of drug-likeness (QED) is 0.467. The van der Waals surface area contributed by atoms with Crippen LogP contribution in [0.4, 0.5) is 13.9 Å². The van der Waals surface area contributed by atoms with Gasteiger partial charge in [0, 0.05) is 13.1 Å². The summed E-state index contributed by atoms with van der Waals surface area (Å²) in [6, 6.07) is 10.7. The van der Waals surface area contributed by atoms with Gasteiger partial charge in [0.25, 0.3) is 5.91 Å². The van der Waals surface area contributed by atoms with Gasteiger partial charge >= 0.3 is 0 Å². The second-order valence-corrected chi connectivity index (χ2v) is 7.38. The van der Waals surface area contributed by atoms with Gasteiger partial charge in [0.05, 0.1) is 4.70 Å². The molecule has 0 spiro atoms. The van der Waals surface area contributed by atoms with Crippen molar-refractivity contribution in [2.75, 3.05) is 37.7 Å². The first kappa shape index (κ1) is 24.0. The normalized spacial score (nSPS) is 10.8. The summed E-state index contributed by atoms with van der Waals surface area (Å²) in [4.78, 5) is 20.9. The van der Waals surface area contributed by atoms with Crippen molar-refractivity contribution in [1.82, 2.24) is 9.88 Å². The van der Waals surface area contributed by atoms with E-state index in [1.54, 1.807) is 24.3 Å². The van der Waals surface area contributed by atoms with Gasteiger partial charge in [-0.25, -0.2) is 13.8 Å². The van der Waals surface area contributed by atoms with Crippen LogP contribution in [0.25, 0.3) is 10.2 Å². The van der Waals surface area contributed by atoms with E-state index < -0.39 is 11.6 Å². The predicted octanol–water partition coefficient (Wildman–Crippen LogP) is 4.75. The largest absolute Gasteiger partial charge is 0.481 e. The number of ether oxygens (including phenoxy) is 1. The minimum Gasteiger partial charge on any atom is -0.481 e. The van der Waals surface area contributed by atoms with Gasteiger partial charge in [-0.2, -0.15) is 0 Å². The molecule has 0 saturated carbocycles. The van der Waals surface area contributed by atoms with Gasteiger partial charge in [0.1, 0.15) is 11.3 Å². The number of halogens is 3. The molecule has 0 radical (unpaired) electrons. The zero-order chi connectivity index (χ0) is 20.8. The summed E-state index contributed by atoms with van der Waals surface area (Å²) < 4.78 is 33.9. The van der Waals surface area contributed by atoms with Gasteiger partial charge in [-0.3, -0.25) is 9.69 Å². The third-order valence-corrected chi connectivity index (χ3v) is 5.66. The molecule has 162 valence electrons. The molecule has 0 bridgehead atoms. The number of likely N-dealkylation sites (N-methyl/N-ethyl adjacent to an activating group) is 1. The number of nitrogens with zero attached hydrogens (tertiary/aromatic N) is 3. The maximum absolute atomic E-state index is 14.1. The highest BCUT2D eigenvalue weighted by atomic mass is 35.5. The number of amides is 1. The molecule has 1 aromatic heterocycles. The van der Waals surface area contributed by atoms with Crippen LogP contribution in [0, 0.1) is 11.6 Å². The van der Waals surface area contributed by atoms with E-state index in [0.29, 0.717) is 22.9 Å². The number of rotatable bonds is 9. The van der Waals surface area contributed by atoms with Crippen molar-refractivity contribution in [2.45, 2.75) is 13.8 Å². The lowest BCUT2D eigenvalue weighted by molar-refractivity contribution is -0.120. The van der Waals surface area contributed by atoms with E-state index >= 15 is 0 Å². The molecule has 3 rings (SSSR count). The van der Waals surface area contributed by atoms with Crippen molar-refractivity contribution in [3.63, 3.8) is 0 Å². The summed E-state index contributed by atoms with van der Waals surface area (Å²) in [6.45, 7) is 6.46. The number of fused-ring (bicyclic) bond motifs is 1. The first-order valence-electron chi connectivity index (χ1n) is 9.48. The fraction of sp³-hybridized carbons (Fsp3) is 0.333. The lowest BCUT2D eigenvalue weighted by Gasteiger charge is -2.24. The fourth-order valence-electron chi connectivity index (χ4n) is 2.91. The molecule has 1 heterocycles. The Morgan fingerprint density at radius 3 is 2.40 bits per heavy atom. The average Bonchev–Trinajstić information content (AvgIpc) is 3.16. The minimum absolute atomic E-state index is 0. The first-order valence-corrected chi connectivity index (χ1v) is 10.3. The standard InChI is InChI=1S/C21H23F2N3O2S.ClH/c1-3-25(4-2)12-13-26(19(27)14-28-17-10-6-5-8-15(17)22)21-24-20-16(23)9-7-11-18(20)29-21;/h5-11H,3-4,12-14H2,1-2H3;1H. The van der Waals surface area contributed by atoms with E-state index in [2.05, 4.69) is 9.88 Å². The molecule has 3 aromatic rings. The van der Waals surface area contributed by atoms with E-state index in [9.17, 15) is 13.6 Å². The lowest BCUT2D eigenvalue weighted by atomic mass is 10.3. The van der Waals surface area contributed by atoms with Crippen molar-refractivity contribution >= 4 is 45.0 Å². The third kappa shape index (κ3) is 5.65. The monoisotopic (exact) mass is 455 g/mol. The van der Waals surface area contributed by atoms with Crippen LogP contribution in [0.15, 0.2) is 42.5 Å². The molecule has 5 nitrogen and oxygen atoms in total. The van der Waals surface area contributed by atoms with Crippen LogP contribution < -0.4 is 9.64 Å². The summed E-state index contributed by atoms with van der Waals surface area (Å²) in [5.41, 5.74) is 0.239. The number of benzene rings is 2. The van der Waals surface area contributed by atoms with Gasteiger partial charge in [-0.05, 0) is 37.4 Å². The van der Waals surface area contributed by atoms with Gasteiger partial charge in [-0.1, -0.05) is 43.4 Å². The van der Waals surface area contributed by atoms with E-state index in [1.165, 1.54) is 34.4 Å². The van der Waals surface area contributed by atoms with Crippen molar-refractivity contribution in [3.8, 4) is 5.75 Å². The van der Waals surface area contributed by atoms with Crippen LogP contribution in [0.1, 0.15) is 13.8 Å². The fourth-order valence-corrected chi connectivity index (χ4v) is 3.93. The molecule has 2 aromatic carbocycles. The Morgan fingerprint density at radius 2 is 1.73 bits per heavy atom. The van der Waals surface area contributed by atoms with Gasteiger partial charge in [-0.15, -0.1) is 12.4 Å². The molecule has 0 atom stereocenters. The van der Waals surface area contributed by atoms with Gasteiger partial charge in [0.2, 0.25) is 0 Å². The van der Waals surface area contributed by atoms with Crippen molar-refractivity contribution in [3.05, 3.63) is 54.1 Å². The molecule has 1 amide bonds. The number of carbonyl (C=O) groups excluding carboxylic acids is 1. The van der Waals surface area contributed by atoms with Gasteiger partial charge < -0.3 is 9.64 Å². The molecule has 30 heavy (non-hydrogen) atoms. The van der Waals surface area contributed by atoms with Crippen molar-refractivity contribution < 1.29 is 18.3 Å². The van der Waals surface area contributed by atoms with Crippen LogP contribution in [0.3, 0.4) is 0 Å². The van der Waals surface area contributed by atoms with E-state index in [1.807, 2.05) is 13.8 Å². The average molecular weight is 456 g/mol. The number of aromatic nitrogens is 1. The van der Waals surface area contributed by atoms with Gasteiger partial charge in [0.15, 0.2) is 23.3 Å². The van der Waals surface area contributed by atoms with E-state index in [-0.39, 0.29) is 36.2 Å². The Morgan fingerprint density at radius 1 is 1.03 bits per heavy atom. The SMILES string of the molecule is CCN(CC)CCN(C(=O)COc1ccccc1F)c1nc2c(F)cccc2s1.Cl. The second kappa shape index (κ2) is 11.2. The summed E-state index contributed by atoms with van der Waals surface area (Å²) in [5.74, 6) is -1.31. The molecule has 0 unspecified atom stereocenters. The van der Waals surface area contributed by atoms with E-state index in [4.69, 9.17) is 4.74 Å². The smallest absolute Gasteiger partial charge is 0.266 e. The molecular formula is C21H24ClF2N3O2S. The Hall–Kier alpha value is -2.29. The molecule has 0 aliphatic carbocycles. The lowest BCUT2D eigenvalue weighted by Crippen LogP contribution is -2.41. The molecule has 0 aliphatic rings. The molecular weight excluding hydrogens is 432 g/mol. The molecule has 0 aliphatic heterocycles. The second-order valence-electron chi connectivity index (χ2n) is 6.37. The van der Waals surface area contributed by atoms with Crippen molar-refractivity contribution in [2.24, 2.45) is 0 Å². The Labute approximate surface area is 184 Å². The highest BCUT2D eigenvalue weighted by Crippen LogP contribution is 2.30. The summed E-state index contributed by atoms with van der Waals surface area (Å²) >= 11 is 1.25. The molecule has 0 saturated heterocycles. The summed E-state index contributed by atoms with van der Waals surface area (Å²) in [6.07, 6.45) is 0. The van der Waals surface area contributed by atoms with Crippen LogP contribution in [0.2, 0.25) is 0 Å².